The maximum atomic E-state index is 8.32. The molecule has 0 aliphatic carbocycles. The van der Waals surface area contributed by atoms with Crippen LogP contribution in [0, 0.1) is 11.3 Å². The van der Waals surface area contributed by atoms with Gasteiger partial charge in [-0.15, -0.1) is 0 Å². The summed E-state index contributed by atoms with van der Waals surface area (Å²) >= 11 is 0. The van der Waals surface area contributed by atoms with Gasteiger partial charge in [0.1, 0.15) is 0 Å². The second-order valence-corrected chi connectivity index (χ2v) is 1.69. The summed E-state index contributed by atoms with van der Waals surface area (Å²) in [5, 5.41) is 8.32. The number of nitrogens with one attached hydrogen (secondary N) is 1. The molecule has 1 N–H and O–H groups in total. The largest absolute Gasteiger partial charge is 0.301 e. The first kappa shape index (κ1) is 5.64. The van der Waals surface area contributed by atoms with Gasteiger partial charge in [0.25, 0.3) is 0 Å². The number of nitrogens with zero attached hydrogens (tertiary/aromatic N) is 1. The molecule has 1 rings (SSSR count). The maximum Gasteiger partial charge on any atom is 0.0991 e. The van der Waals surface area contributed by atoms with Crippen molar-refractivity contribution in [3.05, 3.63) is 29.8 Å². The van der Waals surface area contributed by atoms with E-state index in [1.165, 1.54) is 0 Å². The molecule has 1 aromatic carbocycles. The Morgan fingerprint density at radius 1 is 1.22 bits per heavy atom. The fourth-order valence-corrected chi connectivity index (χ4v) is 0.545. The molecule has 0 atom stereocenters. The second kappa shape index (κ2) is 2.19. The van der Waals surface area contributed by atoms with E-state index in [9.17, 15) is 0 Å². The Bertz CT molecular complexity index is 230. The third-order valence-corrected chi connectivity index (χ3v) is 1.01. The predicted octanol–water partition coefficient (Wildman–Crippen LogP) is 1.47. The molecule has 0 heterocycles. The molecule has 0 aromatic heterocycles. The van der Waals surface area contributed by atoms with E-state index < -0.39 is 0 Å². The van der Waals surface area contributed by atoms with E-state index in [1.54, 1.807) is 24.3 Å². The fraction of sp³-hybridized carbons (Fsp3) is 0. The van der Waals surface area contributed by atoms with E-state index in [1.807, 2.05) is 6.07 Å². The Kier molecular flexibility index (Phi) is 1.37. The quantitative estimate of drug-likeness (QED) is 0.507. The van der Waals surface area contributed by atoms with E-state index in [0.717, 1.165) is 0 Å². The first-order valence-corrected chi connectivity index (χ1v) is 2.54. The molecule has 1 aromatic rings. The minimum Gasteiger partial charge on any atom is -0.301 e. The smallest absolute Gasteiger partial charge is 0.0991 e. The molecule has 0 amide bonds. The van der Waals surface area contributed by atoms with Gasteiger partial charge in [0, 0.05) is 0 Å². The third-order valence-electron chi connectivity index (χ3n) is 1.01. The summed E-state index contributed by atoms with van der Waals surface area (Å²) in [6, 6.07) is 8.42. The summed E-state index contributed by atoms with van der Waals surface area (Å²) < 4.78 is 0. The molecule has 2 nitrogen and oxygen atoms in total. The molecule has 0 saturated carbocycles. The Balaban J connectivity index is 3.06. The second-order valence-electron chi connectivity index (χ2n) is 1.69. The number of benzene rings is 1. The van der Waals surface area contributed by atoms with Gasteiger partial charge in [-0.05, 0) is 24.3 Å². The van der Waals surface area contributed by atoms with Gasteiger partial charge in [-0.3, -0.25) is 0 Å². The van der Waals surface area contributed by atoms with Crippen molar-refractivity contribution in [3.8, 4) is 6.07 Å². The lowest BCUT2D eigenvalue weighted by Crippen LogP contribution is -1.71. The zero-order chi connectivity index (χ0) is 6.69. The van der Waals surface area contributed by atoms with Gasteiger partial charge >= 0.3 is 0 Å². The Morgan fingerprint density at radius 3 is 2.22 bits per heavy atom. The average molecular weight is 117 g/mol. The number of hydrogen-bond donors (Lipinski definition) is 0. The van der Waals surface area contributed by atoms with Crippen LogP contribution in [-0.4, -0.2) is 0 Å². The first-order valence-electron chi connectivity index (χ1n) is 2.54. The number of hydrogen-bond acceptors (Lipinski definition) is 1. The highest BCUT2D eigenvalue weighted by molar-refractivity contribution is 5.40. The van der Waals surface area contributed by atoms with E-state index in [4.69, 9.17) is 11.0 Å². The zero-order valence-corrected chi connectivity index (χ0v) is 4.76. The molecule has 0 aliphatic rings. The van der Waals surface area contributed by atoms with Crippen molar-refractivity contribution in [1.82, 2.24) is 5.73 Å². The minimum atomic E-state index is 0.439. The lowest BCUT2D eigenvalue weighted by molar-refractivity contribution is 1.44. The van der Waals surface area contributed by atoms with Gasteiger partial charge in [0.05, 0.1) is 17.3 Å². The summed E-state index contributed by atoms with van der Waals surface area (Å²) in [7, 11) is 0. The maximum absolute atomic E-state index is 8.32. The molecule has 1 radical (unpaired) electrons. The fourth-order valence-electron chi connectivity index (χ4n) is 0.545. The molecule has 0 unspecified atom stereocenters. The predicted molar refractivity (Wildman–Crippen MR) is 33.9 cm³/mol. The van der Waals surface area contributed by atoms with Crippen LogP contribution in [0.1, 0.15) is 5.56 Å². The van der Waals surface area contributed by atoms with Crippen LogP contribution in [0.3, 0.4) is 0 Å². The van der Waals surface area contributed by atoms with E-state index >= 15 is 0 Å². The van der Waals surface area contributed by atoms with Gasteiger partial charge < -0.3 is 5.73 Å². The van der Waals surface area contributed by atoms with Gasteiger partial charge in [-0.25, -0.2) is 0 Å². The van der Waals surface area contributed by atoms with Gasteiger partial charge in [0.2, 0.25) is 0 Å². The Labute approximate surface area is 53.5 Å². The van der Waals surface area contributed by atoms with E-state index in [0.29, 0.717) is 11.3 Å². The van der Waals surface area contributed by atoms with Gasteiger partial charge in [-0.1, -0.05) is 0 Å². The van der Waals surface area contributed by atoms with Crippen LogP contribution in [0.25, 0.3) is 0 Å². The van der Waals surface area contributed by atoms with E-state index in [-0.39, 0.29) is 0 Å². The van der Waals surface area contributed by atoms with Crippen LogP contribution in [0.4, 0.5) is 5.69 Å². The summed E-state index contributed by atoms with van der Waals surface area (Å²) in [4.78, 5) is 0. The van der Waals surface area contributed by atoms with E-state index in [2.05, 4.69) is 0 Å². The van der Waals surface area contributed by atoms with Crippen molar-refractivity contribution in [2.24, 2.45) is 0 Å². The molecule has 2 heteroatoms. The van der Waals surface area contributed by atoms with Crippen molar-refractivity contribution in [3.63, 3.8) is 0 Å². The normalized spacial score (nSPS) is 8.33. The van der Waals surface area contributed by atoms with Gasteiger partial charge in [0.15, 0.2) is 0 Å². The van der Waals surface area contributed by atoms with Crippen LogP contribution >= 0.6 is 0 Å². The highest BCUT2D eigenvalue weighted by Crippen LogP contribution is 2.04. The molecule has 0 spiro atoms. The molecule has 9 heavy (non-hydrogen) atoms. The Hall–Kier alpha value is -1.49. The topological polar surface area (TPSA) is 47.6 Å². The Morgan fingerprint density at radius 2 is 1.78 bits per heavy atom. The summed E-state index contributed by atoms with van der Waals surface area (Å²) in [6.07, 6.45) is 0. The molecular formula is C7H5N2. The van der Waals surface area contributed by atoms with Crippen molar-refractivity contribution >= 4 is 5.69 Å². The van der Waals surface area contributed by atoms with Crippen LogP contribution in [0.5, 0.6) is 0 Å². The summed E-state index contributed by atoms with van der Waals surface area (Å²) in [5.41, 5.74) is 8.10. The summed E-state index contributed by atoms with van der Waals surface area (Å²) in [5.74, 6) is 0. The van der Waals surface area contributed by atoms with Crippen molar-refractivity contribution in [1.29, 1.82) is 5.26 Å². The summed E-state index contributed by atoms with van der Waals surface area (Å²) in [6.45, 7) is 0. The van der Waals surface area contributed by atoms with Crippen molar-refractivity contribution < 1.29 is 0 Å². The zero-order valence-electron chi connectivity index (χ0n) is 4.76. The van der Waals surface area contributed by atoms with Crippen LogP contribution in [0.15, 0.2) is 24.3 Å². The van der Waals surface area contributed by atoms with Gasteiger partial charge in [-0.2, -0.15) is 5.26 Å². The number of nitriles is 1. The van der Waals surface area contributed by atoms with Crippen molar-refractivity contribution in [2.75, 3.05) is 0 Å². The lowest BCUT2D eigenvalue weighted by atomic mass is 10.2. The molecule has 0 bridgehead atoms. The first-order chi connectivity index (χ1) is 4.33. The third kappa shape index (κ3) is 1.20. The standard InChI is InChI=1S/C7H5N2/c8-5-6-1-3-7(9)4-2-6/h1-4,9H. The number of rotatable bonds is 0. The van der Waals surface area contributed by atoms with Crippen LogP contribution < -0.4 is 5.73 Å². The highest BCUT2D eigenvalue weighted by Gasteiger charge is 1.86. The monoisotopic (exact) mass is 117 g/mol. The van der Waals surface area contributed by atoms with Crippen LogP contribution in [-0.2, 0) is 0 Å². The molecule has 0 fully saturated rings. The lowest BCUT2D eigenvalue weighted by Gasteiger charge is -1.87. The highest BCUT2D eigenvalue weighted by atomic mass is 14.5. The minimum absolute atomic E-state index is 0.439. The van der Waals surface area contributed by atoms with Crippen LogP contribution in [0.2, 0.25) is 0 Å². The molecule has 0 saturated heterocycles. The van der Waals surface area contributed by atoms with Crippen molar-refractivity contribution in [2.45, 2.75) is 0 Å². The molecule has 43 valence electrons. The average Bonchev–Trinajstić information content (AvgIpc) is 1.90. The SMILES string of the molecule is N#Cc1ccc([NH])cc1. The molecule has 0 aliphatic heterocycles. The molecular weight excluding hydrogens is 112 g/mol.